The lowest BCUT2D eigenvalue weighted by Crippen LogP contribution is -2.10. The van der Waals surface area contributed by atoms with Crippen molar-refractivity contribution in [1.29, 1.82) is 0 Å². The number of anilines is 1. The van der Waals surface area contributed by atoms with Gasteiger partial charge in [-0.2, -0.15) is 5.10 Å². The zero-order valence-electron chi connectivity index (χ0n) is 11.7. The van der Waals surface area contributed by atoms with Gasteiger partial charge in [0.15, 0.2) is 0 Å². The highest BCUT2D eigenvalue weighted by molar-refractivity contribution is 6.02. The quantitative estimate of drug-likeness (QED) is 0.842. The molecule has 108 valence electrons. The first-order chi connectivity index (χ1) is 9.97. The standard InChI is InChI=1S/C15H15N3O3/c1-10-9-11(15(20)21)3-5-13(10)17-14(19)6-4-12-7-8-16-18(12)2/h3-9H,1-2H3,(H,17,19)(H,20,21)/b6-4+. The van der Waals surface area contributed by atoms with Crippen molar-refractivity contribution in [3.8, 4) is 0 Å². The van der Waals surface area contributed by atoms with E-state index in [1.165, 1.54) is 18.2 Å². The van der Waals surface area contributed by atoms with Crippen LogP contribution in [0.1, 0.15) is 21.6 Å². The molecule has 0 radical (unpaired) electrons. The molecule has 21 heavy (non-hydrogen) atoms. The Morgan fingerprint density at radius 1 is 1.33 bits per heavy atom. The van der Waals surface area contributed by atoms with Crippen LogP contribution in [-0.2, 0) is 11.8 Å². The van der Waals surface area contributed by atoms with E-state index in [2.05, 4.69) is 10.4 Å². The normalized spacial score (nSPS) is 10.8. The number of aromatic carboxylic acids is 1. The molecule has 0 bridgehead atoms. The predicted octanol–water partition coefficient (Wildman–Crippen LogP) is 2.08. The van der Waals surface area contributed by atoms with E-state index in [4.69, 9.17) is 5.11 Å². The second kappa shape index (κ2) is 6.04. The third-order valence-electron chi connectivity index (χ3n) is 3.00. The number of nitrogens with one attached hydrogen (secondary N) is 1. The highest BCUT2D eigenvalue weighted by Gasteiger charge is 2.07. The summed E-state index contributed by atoms with van der Waals surface area (Å²) in [5.74, 6) is -1.28. The molecule has 0 fully saturated rings. The Bertz CT molecular complexity index is 717. The fourth-order valence-corrected chi connectivity index (χ4v) is 1.82. The van der Waals surface area contributed by atoms with Crippen molar-refractivity contribution in [3.63, 3.8) is 0 Å². The van der Waals surface area contributed by atoms with E-state index in [0.29, 0.717) is 11.3 Å². The Kier molecular flexibility index (Phi) is 4.18. The molecule has 1 amide bonds. The van der Waals surface area contributed by atoms with E-state index in [0.717, 1.165) is 5.69 Å². The maximum absolute atomic E-state index is 11.8. The van der Waals surface area contributed by atoms with Gasteiger partial charge in [0, 0.05) is 25.0 Å². The van der Waals surface area contributed by atoms with Crippen molar-refractivity contribution < 1.29 is 14.7 Å². The first-order valence-electron chi connectivity index (χ1n) is 6.28. The molecule has 6 heteroatoms. The number of carbonyl (C=O) groups is 2. The molecule has 0 spiro atoms. The zero-order chi connectivity index (χ0) is 15.4. The summed E-state index contributed by atoms with van der Waals surface area (Å²) in [7, 11) is 1.78. The summed E-state index contributed by atoms with van der Waals surface area (Å²) in [5.41, 5.74) is 2.27. The van der Waals surface area contributed by atoms with Crippen molar-refractivity contribution in [3.05, 3.63) is 53.4 Å². The van der Waals surface area contributed by atoms with E-state index in [1.807, 2.05) is 0 Å². The van der Waals surface area contributed by atoms with Gasteiger partial charge in [0.25, 0.3) is 0 Å². The molecule has 0 saturated carbocycles. The van der Waals surface area contributed by atoms with Gasteiger partial charge in [-0.3, -0.25) is 9.48 Å². The summed E-state index contributed by atoms with van der Waals surface area (Å²) >= 11 is 0. The topological polar surface area (TPSA) is 84.2 Å². The number of amides is 1. The number of hydrogen-bond acceptors (Lipinski definition) is 3. The maximum atomic E-state index is 11.8. The molecular formula is C15H15N3O3. The van der Waals surface area contributed by atoms with Gasteiger partial charge in [-0.05, 0) is 42.8 Å². The SMILES string of the molecule is Cc1cc(C(=O)O)ccc1NC(=O)/C=C/c1ccnn1C. The van der Waals surface area contributed by atoms with E-state index in [9.17, 15) is 9.59 Å². The molecule has 0 aliphatic heterocycles. The number of nitrogens with zero attached hydrogens (tertiary/aromatic N) is 2. The van der Waals surface area contributed by atoms with Gasteiger partial charge < -0.3 is 10.4 Å². The predicted molar refractivity (Wildman–Crippen MR) is 79.0 cm³/mol. The largest absolute Gasteiger partial charge is 0.478 e. The number of hydrogen-bond donors (Lipinski definition) is 2. The van der Waals surface area contributed by atoms with E-state index >= 15 is 0 Å². The summed E-state index contributed by atoms with van der Waals surface area (Å²) in [6.07, 6.45) is 4.71. The molecule has 0 atom stereocenters. The first-order valence-corrected chi connectivity index (χ1v) is 6.28. The summed E-state index contributed by atoms with van der Waals surface area (Å²) in [4.78, 5) is 22.7. The van der Waals surface area contributed by atoms with Crippen LogP contribution in [-0.4, -0.2) is 26.8 Å². The maximum Gasteiger partial charge on any atom is 0.335 e. The molecule has 2 rings (SSSR count). The molecule has 0 unspecified atom stereocenters. The van der Waals surface area contributed by atoms with Crippen LogP contribution in [0.5, 0.6) is 0 Å². The summed E-state index contributed by atoms with van der Waals surface area (Å²) in [6.45, 7) is 1.74. The van der Waals surface area contributed by atoms with Crippen LogP contribution in [0.4, 0.5) is 5.69 Å². The number of carbonyl (C=O) groups excluding carboxylic acids is 1. The molecule has 1 aromatic carbocycles. The van der Waals surface area contributed by atoms with E-state index < -0.39 is 5.97 Å². The van der Waals surface area contributed by atoms with Gasteiger partial charge in [-0.1, -0.05) is 0 Å². The smallest absolute Gasteiger partial charge is 0.335 e. The Morgan fingerprint density at radius 2 is 2.10 bits per heavy atom. The number of aromatic nitrogens is 2. The number of carboxylic acids is 1. The van der Waals surface area contributed by atoms with Gasteiger partial charge in [-0.15, -0.1) is 0 Å². The summed E-state index contributed by atoms with van der Waals surface area (Å²) < 4.78 is 1.65. The van der Waals surface area contributed by atoms with Gasteiger partial charge >= 0.3 is 5.97 Å². The van der Waals surface area contributed by atoms with Gasteiger partial charge in [-0.25, -0.2) is 4.79 Å². The Labute approximate surface area is 121 Å². The molecule has 6 nitrogen and oxygen atoms in total. The molecule has 0 aliphatic carbocycles. The summed E-state index contributed by atoms with van der Waals surface area (Å²) in [6, 6.07) is 6.34. The fourth-order valence-electron chi connectivity index (χ4n) is 1.82. The number of rotatable bonds is 4. The van der Waals surface area contributed by atoms with E-state index in [1.54, 1.807) is 43.1 Å². The fraction of sp³-hybridized carbons (Fsp3) is 0.133. The molecule has 1 heterocycles. The molecule has 2 N–H and O–H groups in total. The van der Waals surface area contributed by atoms with Crippen molar-refractivity contribution >= 4 is 23.6 Å². The second-order valence-corrected chi connectivity index (χ2v) is 4.54. The Balaban J connectivity index is 2.08. The van der Waals surface area contributed by atoms with Crippen LogP contribution in [0, 0.1) is 6.92 Å². The molecule has 2 aromatic rings. The molecule has 1 aromatic heterocycles. The highest BCUT2D eigenvalue weighted by atomic mass is 16.4. The van der Waals surface area contributed by atoms with Crippen LogP contribution in [0.25, 0.3) is 6.08 Å². The van der Waals surface area contributed by atoms with Crippen molar-refractivity contribution in [2.45, 2.75) is 6.92 Å². The lowest BCUT2D eigenvalue weighted by atomic mass is 10.1. The Morgan fingerprint density at radius 3 is 2.67 bits per heavy atom. The van der Waals surface area contributed by atoms with Crippen LogP contribution >= 0.6 is 0 Å². The minimum atomic E-state index is -0.993. The second-order valence-electron chi connectivity index (χ2n) is 4.54. The minimum absolute atomic E-state index is 0.191. The number of aryl methyl sites for hydroxylation is 2. The Hall–Kier alpha value is -2.89. The van der Waals surface area contributed by atoms with Crippen molar-refractivity contribution in [2.24, 2.45) is 7.05 Å². The zero-order valence-corrected chi connectivity index (χ0v) is 11.7. The lowest BCUT2D eigenvalue weighted by Gasteiger charge is -2.07. The average Bonchev–Trinajstić information content (AvgIpc) is 2.84. The van der Waals surface area contributed by atoms with Crippen LogP contribution in [0.15, 0.2) is 36.5 Å². The van der Waals surface area contributed by atoms with E-state index in [-0.39, 0.29) is 11.5 Å². The van der Waals surface area contributed by atoms with Gasteiger partial charge in [0.1, 0.15) is 0 Å². The van der Waals surface area contributed by atoms with Crippen LogP contribution < -0.4 is 5.32 Å². The highest BCUT2D eigenvalue weighted by Crippen LogP contribution is 2.16. The average molecular weight is 285 g/mol. The third-order valence-corrected chi connectivity index (χ3v) is 3.00. The first kappa shape index (κ1) is 14.5. The number of carboxylic acid groups (broad SMARTS) is 1. The minimum Gasteiger partial charge on any atom is -0.478 e. The van der Waals surface area contributed by atoms with Gasteiger partial charge in [0.05, 0.1) is 11.3 Å². The van der Waals surface area contributed by atoms with Crippen LogP contribution in [0.3, 0.4) is 0 Å². The molecule has 0 saturated heterocycles. The number of benzene rings is 1. The van der Waals surface area contributed by atoms with Crippen LogP contribution in [0.2, 0.25) is 0 Å². The molecular weight excluding hydrogens is 270 g/mol. The lowest BCUT2D eigenvalue weighted by molar-refractivity contribution is -0.111. The van der Waals surface area contributed by atoms with Crippen molar-refractivity contribution in [1.82, 2.24) is 9.78 Å². The molecule has 0 aliphatic rings. The third kappa shape index (κ3) is 3.56. The monoisotopic (exact) mass is 285 g/mol. The van der Waals surface area contributed by atoms with Gasteiger partial charge in [0.2, 0.25) is 5.91 Å². The van der Waals surface area contributed by atoms with Crippen molar-refractivity contribution in [2.75, 3.05) is 5.32 Å². The summed E-state index contributed by atoms with van der Waals surface area (Å²) in [5, 5.41) is 15.6.